The van der Waals surface area contributed by atoms with Crippen molar-refractivity contribution in [3.8, 4) is 0 Å². The van der Waals surface area contributed by atoms with Crippen LogP contribution in [-0.2, 0) is 4.74 Å². The van der Waals surface area contributed by atoms with Crippen LogP contribution < -0.4 is 0 Å². The minimum Gasteiger partial charge on any atom is -0.563 e. The molecule has 3 heteroatoms. The minimum atomic E-state index is -0.560. The van der Waals surface area contributed by atoms with E-state index in [-0.39, 0.29) is 24.2 Å². The van der Waals surface area contributed by atoms with E-state index in [0.717, 1.165) is 0 Å². The number of ether oxygens (including phenoxy) is 1. The minimum absolute atomic E-state index is 0.0787. The normalized spacial score (nSPS) is 45.3. The van der Waals surface area contributed by atoms with Crippen LogP contribution in [0.5, 0.6) is 0 Å². The first-order valence-electron chi connectivity index (χ1n) is 3.90. The molecule has 0 bridgehead atoms. The van der Waals surface area contributed by atoms with Crippen LogP contribution in [-0.4, -0.2) is 28.5 Å². The SMILES string of the molecule is C[C-](O)C1C(C)OC(C)C1O. The van der Waals surface area contributed by atoms with E-state index in [4.69, 9.17) is 4.74 Å². The maximum absolute atomic E-state index is 9.49. The Morgan fingerprint density at radius 1 is 1.27 bits per heavy atom. The second kappa shape index (κ2) is 3.09. The molecule has 0 aliphatic carbocycles. The van der Waals surface area contributed by atoms with E-state index in [1.165, 1.54) is 0 Å². The summed E-state index contributed by atoms with van der Waals surface area (Å²) in [5, 5.41) is 18.7. The third-order valence-corrected chi connectivity index (χ3v) is 2.27. The first kappa shape index (κ1) is 8.97. The Balaban J connectivity index is 2.63. The van der Waals surface area contributed by atoms with Crippen LogP contribution in [0.25, 0.3) is 0 Å². The highest BCUT2D eigenvalue weighted by Gasteiger charge is 2.34. The van der Waals surface area contributed by atoms with E-state index in [1.54, 1.807) is 6.92 Å². The molecule has 1 fully saturated rings. The highest BCUT2D eigenvalue weighted by atomic mass is 16.5. The summed E-state index contributed by atoms with van der Waals surface area (Å²) in [4.78, 5) is 0. The van der Waals surface area contributed by atoms with Gasteiger partial charge in [0.15, 0.2) is 0 Å². The third-order valence-electron chi connectivity index (χ3n) is 2.27. The second-order valence-electron chi connectivity index (χ2n) is 3.20. The van der Waals surface area contributed by atoms with Crippen LogP contribution in [0.15, 0.2) is 0 Å². The van der Waals surface area contributed by atoms with Gasteiger partial charge in [0.05, 0.1) is 12.2 Å². The zero-order valence-electron chi connectivity index (χ0n) is 7.11. The fraction of sp³-hybridized carbons (Fsp3) is 0.875. The molecule has 0 spiro atoms. The lowest BCUT2D eigenvalue weighted by molar-refractivity contribution is 0.0287. The van der Waals surface area contributed by atoms with Gasteiger partial charge in [-0.2, -0.15) is 13.0 Å². The molecule has 4 unspecified atom stereocenters. The lowest BCUT2D eigenvalue weighted by Gasteiger charge is -2.31. The Morgan fingerprint density at radius 3 is 2.00 bits per heavy atom. The molecular formula is C8H15O3-. The standard InChI is InChI=1S/C8H15O3/c1-4(9)7-5(2)11-6(3)8(7)10/h5-10H,1-3H3/q-1. The summed E-state index contributed by atoms with van der Waals surface area (Å²) < 4.78 is 5.32. The molecule has 1 saturated heterocycles. The lowest BCUT2D eigenvalue weighted by atomic mass is 9.92. The van der Waals surface area contributed by atoms with Crippen molar-refractivity contribution in [1.82, 2.24) is 0 Å². The van der Waals surface area contributed by atoms with Crippen molar-refractivity contribution >= 4 is 0 Å². The van der Waals surface area contributed by atoms with E-state index in [0.29, 0.717) is 0 Å². The van der Waals surface area contributed by atoms with Gasteiger partial charge in [0.1, 0.15) is 0 Å². The molecule has 1 aliphatic heterocycles. The van der Waals surface area contributed by atoms with Crippen molar-refractivity contribution in [2.75, 3.05) is 0 Å². The summed E-state index contributed by atoms with van der Waals surface area (Å²) in [7, 11) is 0. The molecule has 2 N–H and O–H groups in total. The molecule has 0 radical (unpaired) electrons. The monoisotopic (exact) mass is 159 g/mol. The van der Waals surface area contributed by atoms with Gasteiger partial charge in [-0.05, 0) is 13.8 Å². The van der Waals surface area contributed by atoms with Gasteiger partial charge >= 0.3 is 0 Å². The summed E-state index contributed by atoms with van der Waals surface area (Å²) >= 11 is 0. The zero-order valence-corrected chi connectivity index (χ0v) is 7.11. The van der Waals surface area contributed by atoms with Gasteiger partial charge in [0, 0.05) is 6.10 Å². The van der Waals surface area contributed by atoms with E-state index >= 15 is 0 Å². The Morgan fingerprint density at radius 2 is 1.82 bits per heavy atom. The number of hydrogen-bond donors (Lipinski definition) is 2. The van der Waals surface area contributed by atoms with E-state index in [9.17, 15) is 10.2 Å². The quantitative estimate of drug-likeness (QED) is 0.553. The molecular weight excluding hydrogens is 144 g/mol. The maximum Gasteiger partial charge on any atom is 0.0787 e. The van der Waals surface area contributed by atoms with E-state index in [1.807, 2.05) is 13.8 Å². The summed E-state index contributed by atoms with van der Waals surface area (Å²) in [6.07, 6.45) is -0.550. The first-order valence-corrected chi connectivity index (χ1v) is 3.90. The van der Waals surface area contributed by atoms with Gasteiger partial charge < -0.3 is 14.9 Å². The molecule has 0 aromatic carbocycles. The Labute approximate surface area is 67.0 Å². The number of hydrogen-bond acceptors (Lipinski definition) is 3. The average molecular weight is 159 g/mol. The van der Waals surface area contributed by atoms with Crippen molar-refractivity contribution < 1.29 is 14.9 Å². The van der Waals surface area contributed by atoms with Crippen molar-refractivity contribution in [1.29, 1.82) is 0 Å². The fourth-order valence-corrected chi connectivity index (χ4v) is 1.66. The van der Waals surface area contributed by atoms with Crippen LogP contribution in [0.4, 0.5) is 0 Å². The molecule has 11 heavy (non-hydrogen) atoms. The van der Waals surface area contributed by atoms with Crippen LogP contribution >= 0.6 is 0 Å². The fourth-order valence-electron chi connectivity index (χ4n) is 1.66. The van der Waals surface area contributed by atoms with Crippen molar-refractivity contribution in [2.45, 2.75) is 39.1 Å². The summed E-state index contributed by atoms with van der Waals surface area (Å²) in [6.45, 7) is 5.27. The van der Waals surface area contributed by atoms with Gasteiger partial charge in [-0.15, -0.1) is 0 Å². The Hall–Kier alpha value is -0.120. The molecule has 1 rings (SSSR count). The van der Waals surface area contributed by atoms with Gasteiger partial charge in [-0.3, -0.25) is 0 Å². The predicted molar refractivity (Wildman–Crippen MR) is 40.4 cm³/mol. The smallest absolute Gasteiger partial charge is 0.0787 e. The summed E-state index contributed by atoms with van der Waals surface area (Å²) in [5.41, 5.74) is 0. The number of rotatable bonds is 1. The lowest BCUT2D eigenvalue weighted by Crippen LogP contribution is -2.29. The molecule has 0 saturated carbocycles. The Kier molecular flexibility index (Phi) is 2.52. The van der Waals surface area contributed by atoms with Crippen molar-refractivity contribution in [3.05, 3.63) is 6.10 Å². The number of aliphatic hydroxyl groups excluding tert-OH is 2. The topological polar surface area (TPSA) is 49.7 Å². The van der Waals surface area contributed by atoms with Gasteiger partial charge in [0.2, 0.25) is 0 Å². The molecule has 1 aliphatic rings. The zero-order chi connectivity index (χ0) is 8.59. The largest absolute Gasteiger partial charge is 0.563 e. The molecule has 4 atom stereocenters. The molecule has 0 aromatic rings. The second-order valence-corrected chi connectivity index (χ2v) is 3.20. The number of aliphatic hydroxyl groups is 2. The first-order chi connectivity index (χ1) is 5.04. The van der Waals surface area contributed by atoms with Crippen LogP contribution in [0.3, 0.4) is 0 Å². The van der Waals surface area contributed by atoms with E-state index in [2.05, 4.69) is 0 Å². The highest BCUT2D eigenvalue weighted by molar-refractivity contribution is 4.96. The van der Waals surface area contributed by atoms with E-state index < -0.39 is 6.10 Å². The van der Waals surface area contributed by atoms with Crippen molar-refractivity contribution in [3.63, 3.8) is 0 Å². The summed E-state index contributed by atoms with van der Waals surface area (Å²) in [6, 6.07) is 0. The predicted octanol–water partition coefficient (Wildman–Crippen LogP) is 0.695. The molecule has 1 heterocycles. The van der Waals surface area contributed by atoms with Crippen LogP contribution in [0, 0.1) is 12.0 Å². The van der Waals surface area contributed by atoms with Crippen LogP contribution in [0.1, 0.15) is 20.8 Å². The van der Waals surface area contributed by atoms with Gasteiger partial charge in [-0.25, -0.2) is 0 Å². The molecule has 0 amide bonds. The molecule has 3 nitrogen and oxygen atoms in total. The molecule has 0 aromatic heterocycles. The summed E-state index contributed by atoms with van der Waals surface area (Å²) in [5.74, 6) is -0.218. The average Bonchev–Trinajstić information content (AvgIpc) is 2.07. The Bertz CT molecular complexity index is 135. The van der Waals surface area contributed by atoms with Crippen molar-refractivity contribution in [2.24, 2.45) is 5.92 Å². The van der Waals surface area contributed by atoms with Gasteiger partial charge in [0.25, 0.3) is 0 Å². The highest BCUT2D eigenvalue weighted by Crippen LogP contribution is 2.31. The van der Waals surface area contributed by atoms with Crippen LogP contribution in [0.2, 0.25) is 0 Å². The van der Waals surface area contributed by atoms with Gasteiger partial charge in [-0.1, -0.05) is 5.92 Å². The molecule has 66 valence electrons. The third kappa shape index (κ3) is 1.55. The maximum atomic E-state index is 9.49.